The van der Waals surface area contributed by atoms with Gasteiger partial charge >= 0.3 is 13.5 Å². The summed E-state index contributed by atoms with van der Waals surface area (Å²) in [6.45, 7) is -7.97. The van der Waals surface area contributed by atoms with E-state index in [1.165, 1.54) is 35.0 Å². The van der Waals surface area contributed by atoms with E-state index in [1.807, 2.05) is 0 Å². The van der Waals surface area contributed by atoms with Gasteiger partial charge in [0.05, 0.1) is 24.9 Å². The minimum atomic E-state index is -4.29. The fraction of sp³-hybridized carbons (Fsp3) is 0.500. The maximum Gasteiger partial charge on any atom is 0.386 e. The lowest BCUT2D eigenvalue weighted by atomic mass is 10.0. The standard InChI is InChI=1S/C22H27N9O10P2S2/c1-22(31-8-29-12-18(24)26-7-28-20(12)31)16(33)14-11(39-22)5-37-43(35,45)41-15-13(32)10(4-36-42(34,44)40-14)38-21(15)30-3-2-9-17(23)25-6-27-19(9)30/h2-3,6-8,10-11,13-16,21,32-33H,4-5H2,1H3,(H,34,44)(H,35,45)(H2,23,25,27)(H2,24,26,28)/t10-,11-,13-,14-,15-,16-,21-,22-,42?,43?/m1/s1. The van der Waals surface area contributed by atoms with Crippen molar-refractivity contribution in [2.24, 2.45) is 0 Å². The Morgan fingerprint density at radius 3 is 2.51 bits per heavy atom. The monoisotopic (exact) mass is 703 g/mol. The summed E-state index contributed by atoms with van der Waals surface area (Å²) in [5, 5.41) is 23.2. The van der Waals surface area contributed by atoms with E-state index in [2.05, 4.69) is 37.2 Å². The molecule has 4 aromatic heterocycles. The van der Waals surface area contributed by atoms with Crippen molar-refractivity contribution < 1.29 is 47.2 Å². The van der Waals surface area contributed by atoms with Crippen LogP contribution in [0.25, 0.3) is 22.2 Å². The highest BCUT2D eigenvalue weighted by Gasteiger charge is 2.57. The molecule has 10 atom stereocenters. The molecule has 2 bridgehead atoms. The van der Waals surface area contributed by atoms with E-state index in [0.717, 1.165) is 0 Å². The minimum absolute atomic E-state index is 0.101. The van der Waals surface area contributed by atoms with Gasteiger partial charge in [-0.05, 0) is 24.8 Å². The van der Waals surface area contributed by atoms with Crippen molar-refractivity contribution in [3.05, 3.63) is 31.2 Å². The molecular weight excluding hydrogens is 676 g/mol. The maximum atomic E-state index is 13.5. The Bertz CT molecular complexity index is 1880. The molecule has 7 N–H and O–H groups in total. The molecule has 0 saturated carbocycles. The largest absolute Gasteiger partial charge is 0.387 e. The smallest absolute Gasteiger partial charge is 0.386 e. The first-order chi connectivity index (χ1) is 21.3. The van der Waals surface area contributed by atoms with Crippen LogP contribution in [0.4, 0.5) is 11.6 Å². The van der Waals surface area contributed by atoms with Crippen LogP contribution in [0.15, 0.2) is 31.2 Å². The molecule has 7 heterocycles. The molecule has 3 saturated heterocycles. The van der Waals surface area contributed by atoms with Gasteiger partial charge in [-0.1, -0.05) is 12.2 Å². The lowest BCUT2D eigenvalue weighted by molar-refractivity contribution is -0.131. The van der Waals surface area contributed by atoms with Crippen LogP contribution in [0.5, 0.6) is 0 Å². The molecule has 4 aromatic rings. The molecule has 0 aliphatic carbocycles. The lowest BCUT2D eigenvalue weighted by Crippen LogP contribution is -2.43. The third-order valence-electron chi connectivity index (χ3n) is 7.90. The van der Waals surface area contributed by atoms with Crippen LogP contribution in [-0.4, -0.2) is 99.0 Å². The van der Waals surface area contributed by atoms with Gasteiger partial charge < -0.3 is 45.1 Å². The van der Waals surface area contributed by atoms with Gasteiger partial charge in [-0.3, -0.25) is 18.1 Å². The summed E-state index contributed by atoms with van der Waals surface area (Å²) in [5.41, 5.74) is 11.1. The van der Waals surface area contributed by atoms with Crippen molar-refractivity contribution in [2.45, 2.75) is 55.5 Å². The van der Waals surface area contributed by atoms with Crippen LogP contribution < -0.4 is 11.5 Å². The number of ether oxygens (including phenoxy) is 2. The van der Waals surface area contributed by atoms with E-state index in [9.17, 15) is 19.7 Å². The number of aliphatic hydroxyl groups excluding tert-OH is 2. The average Bonchev–Trinajstić information content (AvgIpc) is 3.73. The summed E-state index contributed by atoms with van der Waals surface area (Å²) in [7, 11) is 0. The number of aliphatic hydroxyl groups is 2. The number of nitrogens with zero attached hydrogens (tertiary/aromatic N) is 7. The van der Waals surface area contributed by atoms with Gasteiger partial charge in [0, 0.05) is 6.20 Å². The maximum absolute atomic E-state index is 13.5. The number of hydrogen-bond acceptors (Lipinski definition) is 17. The molecule has 0 radical (unpaired) electrons. The number of fused-ring (bicyclic) bond motifs is 5. The van der Waals surface area contributed by atoms with E-state index in [0.29, 0.717) is 11.0 Å². The second kappa shape index (κ2) is 11.1. The van der Waals surface area contributed by atoms with Crippen LogP contribution in [0.1, 0.15) is 13.2 Å². The van der Waals surface area contributed by atoms with E-state index >= 15 is 0 Å². The zero-order valence-corrected chi connectivity index (χ0v) is 26.6. The fourth-order valence-corrected chi connectivity index (χ4v) is 8.57. The van der Waals surface area contributed by atoms with Gasteiger partial charge in [0.25, 0.3) is 0 Å². The summed E-state index contributed by atoms with van der Waals surface area (Å²) in [6.07, 6.45) is -3.85. The number of nitrogen functional groups attached to an aromatic ring is 2. The second-order valence-corrected chi connectivity index (χ2v) is 16.3. The van der Waals surface area contributed by atoms with E-state index in [-0.39, 0.29) is 22.8 Å². The predicted molar refractivity (Wildman–Crippen MR) is 161 cm³/mol. The topological polar surface area (TPSA) is 259 Å². The molecular formula is C22H27N9O10P2S2. The molecule has 0 spiro atoms. The Balaban J connectivity index is 1.22. The van der Waals surface area contributed by atoms with Crippen molar-refractivity contribution in [3.8, 4) is 0 Å². The van der Waals surface area contributed by atoms with Crippen molar-refractivity contribution in [2.75, 3.05) is 24.7 Å². The average molecular weight is 704 g/mol. The molecule has 19 nitrogen and oxygen atoms in total. The number of rotatable bonds is 2. The third-order valence-corrected chi connectivity index (χ3v) is 11.1. The van der Waals surface area contributed by atoms with Crippen LogP contribution in [0.3, 0.4) is 0 Å². The Kier molecular flexibility index (Phi) is 7.72. The highest BCUT2D eigenvalue weighted by atomic mass is 32.7. The number of imidazole rings is 1. The van der Waals surface area contributed by atoms with Crippen LogP contribution in [0, 0.1) is 0 Å². The first-order valence-electron chi connectivity index (χ1n) is 13.3. The Labute approximate surface area is 263 Å². The molecule has 7 rings (SSSR count). The summed E-state index contributed by atoms with van der Waals surface area (Å²) in [4.78, 5) is 31.7. The normalized spacial score (nSPS) is 39.4. The molecule has 3 aliphatic rings. The summed E-state index contributed by atoms with van der Waals surface area (Å²) < 4.78 is 51.5. The van der Waals surface area contributed by atoms with Crippen LogP contribution in [0.2, 0.25) is 0 Å². The highest BCUT2D eigenvalue weighted by molar-refractivity contribution is 8.44. The Morgan fingerprint density at radius 1 is 1.02 bits per heavy atom. The van der Waals surface area contributed by atoms with Gasteiger partial charge in [0.15, 0.2) is 23.4 Å². The highest BCUT2D eigenvalue weighted by Crippen LogP contribution is 2.58. The number of hydrogen-bond donors (Lipinski definition) is 6. The molecule has 3 fully saturated rings. The van der Waals surface area contributed by atoms with Gasteiger partial charge in [0.1, 0.15) is 66.3 Å². The predicted octanol–water partition coefficient (Wildman–Crippen LogP) is 0.198. The molecule has 3 aliphatic heterocycles. The van der Waals surface area contributed by atoms with Crippen LogP contribution in [-0.2, 0) is 49.7 Å². The molecule has 23 heteroatoms. The van der Waals surface area contributed by atoms with Gasteiger partial charge in [-0.15, -0.1) is 0 Å². The summed E-state index contributed by atoms with van der Waals surface area (Å²) >= 11 is 9.43. The SMILES string of the molecule is C[C@@]1(n2cnc3c(N)ncnc32)O[C@@H]2COP(O)(=S)O[C@@H]3[C@H](O)[C@@H](COP(=O)(S)O[C@H]2[C@H]1O)O[C@H]3n1ccc2c(N)ncnc21. The number of aromatic nitrogens is 7. The van der Waals surface area contributed by atoms with E-state index < -0.39 is 75.3 Å². The number of thiol groups is 1. The third kappa shape index (κ3) is 5.35. The van der Waals surface area contributed by atoms with Gasteiger partial charge in [-0.25, -0.2) is 29.5 Å². The quantitative estimate of drug-likeness (QED) is 0.120. The van der Waals surface area contributed by atoms with Crippen molar-refractivity contribution in [3.63, 3.8) is 0 Å². The van der Waals surface area contributed by atoms with Gasteiger partial charge in [0.2, 0.25) is 0 Å². The minimum Gasteiger partial charge on any atom is -0.387 e. The summed E-state index contributed by atoms with van der Waals surface area (Å²) in [6, 6.07) is 1.64. The Hall–Kier alpha value is -2.36. The molecule has 0 amide bonds. The molecule has 0 aromatic carbocycles. The molecule has 242 valence electrons. The fourth-order valence-electron chi connectivity index (χ4n) is 5.68. The molecule has 45 heavy (non-hydrogen) atoms. The lowest BCUT2D eigenvalue weighted by Gasteiger charge is -2.30. The van der Waals surface area contributed by atoms with E-state index in [4.69, 9.17) is 50.8 Å². The number of nitrogens with two attached hydrogens (primary N) is 2. The van der Waals surface area contributed by atoms with Crippen molar-refractivity contribution in [1.29, 1.82) is 0 Å². The van der Waals surface area contributed by atoms with Crippen molar-refractivity contribution in [1.82, 2.24) is 34.1 Å². The van der Waals surface area contributed by atoms with Crippen LogP contribution >= 0.6 is 25.8 Å². The van der Waals surface area contributed by atoms with E-state index in [1.54, 1.807) is 12.3 Å². The zero-order valence-electron chi connectivity index (χ0n) is 23.1. The van der Waals surface area contributed by atoms with Gasteiger partial charge in [-0.2, -0.15) is 0 Å². The zero-order chi connectivity index (χ0) is 31.9. The Morgan fingerprint density at radius 2 is 1.73 bits per heavy atom. The van der Waals surface area contributed by atoms with Crippen molar-refractivity contribution >= 4 is 71.4 Å². The first kappa shape index (κ1) is 31.3. The summed E-state index contributed by atoms with van der Waals surface area (Å²) in [5.74, 6) is 0.310. The number of anilines is 2. The second-order valence-electron chi connectivity index (χ2n) is 10.6. The molecule has 2 unspecified atom stereocenters. The first-order valence-corrected chi connectivity index (χ1v) is 18.6.